The SMILES string of the molecule is COc1cccc(C2Oc3cc(Cl)cc(OC(F)F)c3-c3ccc(CS(N)(=O)=O)cc32)c1. The predicted octanol–water partition coefficient (Wildman–Crippen LogP) is 4.89. The van der Waals surface area contributed by atoms with Gasteiger partial charge in [0.1, 0.15) is 23.4 Å². The zero-order chi connectivity index (χ0) is 23.0. The van der Waals surface area contributed by atoms with Gasteiger partial charge >= 0.3 is 6.61 Å². The Bertz CT molecular complexity index is 1280. The summed E-state index contributed by atoms with van der Waals surface area (Å²) < 4.78 is 65.6. The number of sulfonamides is 1. The summed E-state index contributed by atoms with van der Waals surface area (Å²) in [6.07, 6.45) is -0.689. The van der Waals surface area contributed by atoms with Crippen LogP contribution in [0.2, 0.25) is 5.02 Å². The highest BCUT2D eigenvalue weighted by atomic mass is 35.5. The van der Waals surface area contributed by atoms with Crippen molar-refractivity contribution in [1.29, 1.82) is 0 Å². The average molecular weight is 482 g/mol. The lowest BCUT2D eigenvalue weighted by Gasteiger charge is -2.31. The van der Waals surface area contributed by atoms with Gasteiger partial charge in [-0.2, -0.15) is 8.78 Å². The van der Waals surface area contributed by atoms with Crippen molar-refractivity contribution in [2.24, 2.45) is 5.14 Å². The second-order valence-corrected chi connectivity index (χ2v) is 9.21. The fraction of sp³-hybridized carbons (Fsp3) is 0.182. The number of rotatable bonds is 6. The molecule has 0 aliphatic carbocycles. The van der Waals surface area contributed by atoms with Crippen molar-refractivity contribution < 1.29 is 31.4 Å². The molecule has 168 valence electrons. The zero-order valence-electron chi connectivity index (χ0n) is 16.7. The van der Waals surface area contributed by atoms with Gasteiger partial charge in [0, 0.05) is 16.1 Å². The van der Waals surface area contributed by atoms with Crippen molar-refractivity contribution in [2.75, 3.05) is 7.11 Å². The monoisotopic (exact) mass is 481 g/mol. The summed E-state index contributed by atoms with van der Waals surface area (Å²) in [5, 5.41) is 5.37. The van der Waals surface area contributed by atoms with E-state index in [9.17, 15) is 17.2 Å². The predicted molar refractivity (Wildman–Crippen MR) is 116 cm³/mol. The molecule has 32 heavy (non-hydrogen) atoms. The van der Waals surface area contributed by atoms with E-state index in [0.717, 1.165) is 0 Å². The van der Waals surface area contributed by atoms with Gasteiger partial charge < -0.3 is 14.2 Å². The number of ether oxygens (including phenoxy) is 3. The van der Waals surface area contributed by atoms with E-state index in [-0.39, 0.29) is 22.3 Å². The van der Waals surface area contributed by atoms with Crippen molar-refractivity contribution in [3.8, 4) is 28.4 Å². The molecule has 0 saturated carbocycles. The van der Waals surface area contributed by atoms with Gasteiger partial charge in [-0.05, 0) is 35.4 Å². The highest BCUT2D eigenvalue weighted by molar-refractivity contribution is 7.88. The molecule has 3 aromatic rings. The number of nitrogens with two attached hydrogens (primary N) is 1. The normalized spacial score (nSPS) is 15.0. The molecular weight excluding hydrogens is 464 g/mol. The maximum absolute atomic E-state index is 13.1. The lowest BCUT2D eigenvalue weighted by Crippen LogP contribution is -2.18. The van der Waals surface area contributed by atoms with E-state index in [1.54, 1.807) is 36.4 Å². The van der Waals surface area contributed by atoms with Gasteiger partial charge in [0.05, 0.1) is 18.4 Å². The smallest absolute Gasteiger partial charge is 0.387 e. The Kier molecular flexibility index (Phi) is 5.98. The Hall–Kier alpha value is -2.88. The first kappa shape index (κ1) is 22.3. The molecule has 0 saturated heterocycles. The van der Waals surface area contributed by atoms with Gasteiger partial charge in [-0.15, -0.1) is 0 Å². The molecule has 0 spiro atoms. The van der Waals surface area contributed by atoms with Crippen LogP contribution in [0.3, 0.4) is 0 Å². The minimum Gasteiger partial charge on any atom is -0.497 e. The fourth-order valence-electron chi connectivity index (χ4n) is 3.73. The zero-order valence-corrected chi connectivity index (χ0v) is 18.3. The summed E-state index contributed by atoms with van der Waals surface area (Å²) in [4.78, 5) is 0. The minimum absolute atomic E-state index is 0.146. The van der Waals surface area contributed by atoms with Gasteiger partial charge in [0.25, 0.3) is 0 Å². The van der Waals surface area contributed by atoms with E-state index in [2.05, 4.69) is 0 Å². The van der Waals surface area contributed by atoms with E-state index in [4.69, 9.17) is 31.0 Å². The Morgan fingerprint density at radius 2 is 1.94 bits per heavy atom. The first-order valence-corrected chi connectivity index (χ1v) is 11.5. The number of hydrogen-bond acceptors (Lipinski definition) is 5. The standard InChI is InChI=1S/C22H18ClF2NO5S/c1-29-15-4-2-3-13(8-15)21-17-7-12(11-32(26,27)28)5-6-16(17)20-18(30-21)9-14(23)10-19(20)31-22(24)25/h2-10,21-22H,11H2,1H3,(H2,26,27,28). The lowest BCUT2D eigenvalue weighted by atomic mass is 9.88. The molecule has 4 rings (SSSR count). The molecular formula is C22H18ClF2NO5S. The number of benzene rings is 3. The molecule has 3 aromatic carbocycles. The average Bonchev–Trinajstić information content (AvgIpc) is 2.71. The third-order valence-electron chi connectivity index (χ3n) is 4.92. The van der Waals surface area contributed by atoms with Crippen molar-refractivity contribution in [1.82, 2.24) is 0 Å². The topological polar surface area (TPSA) is 87.8 Å². The molecule has 0 aromatic heterocycles. The maximum atomic E-state index is 13.1. The summed E-state index contributed by atoms with van der Waals surface area (Å²) in [7, 11) is -2.26. The fourth-order valence-corrected chi connectivity index (χ4v) is 4.57. The van der Waals surface area contributed by atoms with Crippen molar-refractivity contribution in [3.05, 3.63) is 76.3 Å². The maximum Gasteiger partial charge on any atom is 0.387 e. The Morgan fingerprint density at radius 3 is 2.62 bits per heavy atom. The van der Waals surface area contributed by atoms with Crippen LogP contribution < -0.4 is 19.3 Å². The molecule has 0 amide bonds. The first-order valence-electron chi connectivity index (χ1n) is 9.37. The van der Waals surface area contributed by atoms with Crippen molar-refractivity contribution in [3.63, 3.8) is 0 Å². The molecule has 1 aliphatic heterocycles. The van der Waals surface area contributed by atoms with Crippen LogP contribution >= 0.6 is 11.6 Å². The third kappa shape index (κ3) is 4.64. The lowest BCUT2D eigenvalue weighted by molar-refractivity contribution is -0.0496. The molecule has 1 aliphatic rings. The highest BCUT2D eigenvalue weighted by Gasteiger charge is 2.32. The largest absolute Gasteiger partial charge is 0.497 e. The molecule has 6 nitrogen and oxygen atoms in total. The van der Waals surface area contributed by atoms with Gasteiger partial charge in [0.2, 0.25) is 10.0 Å². The molecule has 0 radical (unpaired) electrons. The number of hydrogen-bond donors (Lipinski definition) is 1. The molecule has 0 fully saturated rings. The van der Waals surface area contributed by atoms with Crippen LogP contribution in [0.1, 0.15) is 22.8 Å². The molecule has 10 heteroatoms. The molecule has 1 atom stereocenters. The van der Waals surface area contributed by atoms with E-state index in [0.29, 0.717) is 33.6 Å². The summed E-state index contributed by atoms with van der Waals surface area (Å²) >= 11 is 6.13. The Labute approximate surface area is 188 Å². The van der Waals surface area contributed by atoms with E-state index in [1.807, 2.05) is 6.07 Å². The number of primary sulfonamides is 1. The summed E-state index contributed by atoms with van der Waals surface area (Å²) in [5.41, 5.74) is 2.54. The summed E-state index contributed by atoms with van der Waals surface area (Å²) in [6.45, 7) is -3.07. The highest BCUT2D eigenvalue weighted by Crippen LogP contribution is 2.51. The molecule has 1 unspecified atom stereocenters. The number of halogens is 3. The third-order valence-corrected chi connectivity index (χ3v) is 5.88. The number of methoxy groups -OCH3 is 1. The van der Waals surface area contributed by atoms with Gasteiger partial charge in [-0.3, -0.25) is 0 Å². The van der Waals surface area contributed by atoms with Gasteiger partial charge in [0.15, 0.2) is 0 Å². The van der Waals surface area contributed by atoms with Crippen LogP contribution in [-0.2, 0) is 15.8 Å². The summed E-state index contributed by atoms with van der Waals surface area (Å²) in [5.74, 6) is 0.311. The minimum atomic E-state index is -3.79. The van der Waals surface area contributed by atoms with Crippen LogP contribution in [0.15, 0.2) is 54.6 Å². The second-order valence-electron chi connectivity index (χ2n) is 7.16. The van der Waals surface area contributed by atoms with Crippen molar-refractivity contribution in [2.45, 2.75) is 18.5 Å². The van der Waals surface area contributed by atoms with E-state index < -0.39 is 22.7 Å². The van der Waals surface area contributed by atoms with Crippen LogP contribution in [0.4, 0.5) is 8.78 Å². The quantitative estimate of drug-likeness (QED) is 0.541. The number of fused-ring (bicyclic) bond motifs is 3. The summed E-state index contributed by atoms with van der Waals surface area (Å²) in [6, 6.07) is 14.8. The van der Waals surface area contributed by atoms with Crippen LogP contribution in [0, 0.1) is 0 Å². The molecule has 1 heterocycles. The van der Waals surface area contributed by atoms with Crippen LogP contribution in [0.5, 0.6) is 17.2 Å². The van der Waals surface area contributed by atoms with E-state index >= 15 is 0 Å². The number of alkyl halides is 2. The second kappa shape index (κ2) is 8.57. The Morgan fingerprint density at radius 1 is 1.16 bits per heavy atom. The van der Waals surface area contributed by atoms with Crippen molar-refractivity contribution >= 4 is 21.6 Å². The Balaban J connectivity index is 1.94. The van der Waals surface area contributed by atoms with E-state index in [1.165, 1.54) is 19.2 Å². The van der Waals surface area contributed by atoms with Gasteiger partial charge in [-0.25, -0.2) is 13.6 Å². The van der Waals surface area contributed by atoms with Crippen LogP contribution in [-0.4, -0.2) is 22.1 Å². The molecule has 0 bridgehead atoms. The van der Waals surface area contributed by atoms with Gasteiger partial charge in [-0.1, -0.05) is 41.9 Å². The van der Waals surface area contributed by atoms with Crippen LogP contribution in [0.25, 0.3) is 11.1 Å². The first-order chi connectivity index (χ1) is 15.1. The molecule has 2 N–H and O–H groups in total.